The van der Waals surface area contributed by atoms with Crippen molar-refractivity contribution in [3.63, 3.8) is 0 Å². The molecule has 1 aromatic heterocycles. The van der Waals surface area contributed by atoms with Crippen molar-refractivity contribution < 1.29 is 37.6 Å². The van der Waals surface area contributed by atoms with Crippen LogP contribution in [0.3, 0.4) is 0 Å². The summed E-state index contributed by atoms with van der Waals surface area (Å²) in [5.74, 6) is -1.89. The van der Waals surface area contributed by atoms with Crippen LogP contribution in [0.5, 0.6) is 11.5 Å². The molecule has 196 valence electrons. The molecule has 38 heavy (non-hydrogen) atoms. The van der Waals surface area contributed by atoms with Crippen molar-refractivity contribution in [3.05, 3.63) is 95.2 Å². The molecule has 13 heteroatoms. The van der Waals surface area contributed by atoms with Crippen molar-refractivity contribution in [1.29, 1.82) is 0 Å². The molecule has 0 fully saturated rings. The van der Waals surface area contributed by atoms with Crippen molar-refractivity contribution in [2.75, 3.05) is 14.2 Å². The average Bonchev–Trinajstić information content (AvgIpc) is 3.34. The lowest BCUT2D eigenvalue weighted by Crippen LogP contribution is -2.41. The first-order chi connectivity index (χ1) is 18.3. The van der Waals surface area contributed by atoms with Crippen molar-refractivity contribution in [2.24, 2.45) is 0 Å². The largest absolute Gasteiger partial charge is 0.468 e. The zero-order valence-electron chi connectivity index (χ0n) is 20.2. The van der Waals surface area contributed by atoms with Gasteiger partial charge in [-0.2, -0.15) is 5.10 Å². The second-order valence-electron chi connectivity index (χ2n) is 7.87. The maximum absolute atomic E-state index is 14.6. The number of rotatable bonds is 10. The Hall–Kier alpha value is -4.70. The number of carbonyl (C=O) groups excluding carboxylic acids is 2. The van der Waals surface area contributed by atoms with Gasteiger partial charge in [-0.1, -0.05) is 36.4 Å². The van der Waals surface area contributed by atoms with Gasteiger partial charge in [0, 0.05) is 17.5 Å². The van der Waals surface area contributed by atoms with E-state index in [4.69, 9.17) is 18.5 Å². The lowest BCUT2D eigenvalue weighted by molar-refractivity contribution is -0.384. The number of non-ortho nitro benzene ring substituents is 1. The molecule has 3 aromatic carbocycles. The molecule has 0 bridgehead atoms. The van der Waals surface area contributed by atoms with Crippen LogP contribution in [0.2, 0.25) is 0 Å². The van der Waals surface area contributed by atoms with E-state index < -0.39 is 36.2 Å². The van der Waals surface area contributed by atoms with E-state index in [1.807, 2.05) is 0 Å². The summed E-state index contributed by atoms with van der Waals surface area (Å²) in [5, 5.41) is 15.7. The molecule has 1 heterocycles. The number of ether oxygens (including phenoxy) is 2. The van der Waals surface area contributed by atoms with Crippen LogP contribution in [0.4, 0.5) is 5.69 Å². The minimum atomic E-state index is -4.66. The zero-order valence-corrected chi connectivity index (χ0v) is 21.1. The van der Waals surface area contributed by atoms with Crippen LogP contribution >= 0.6 is 7.60 Å². The van der Waals surface area contributed by atoms with Gasteiger partial charge in [-0.3, -0.25) is 14.9 Å². The number of para-hydroxylation sites is 2. The van der Waals surface area contributed by atoms with Gasteiger partial charge in [0.1, 0.15) is 11.5 Å². The number of benzene rings is 3. The van der Waals surface area contributed by atoms with E-state index in [-0.39, 0.29) is 22.7 Å². The normalized spacial score (nSPS) is 12.8. The minimum absolute atomic E-state index is 0.102. The van der Waals surface area contributed by atoms with E-state index in [0.29, 0.717) is 5.39 Å². The standard InChI is InChI=1S/C25H22N3O9P/c1-34-24(29)22(27-21-14-13-18(28(31)32)15-17(21)16-26-27)23(25(30)35-2)38(33,36-19-9-5-3-6-10-19)37-20-11-7-4-8-12-20/h3-16,22-23H,1-2H3/t22-,23-/m1/s1. The van der Waals surface area contributed by atoms with Gasteiger partial charge in [-0.05, 0) is 30.3 Å². The Morgan fingerprint density at radius 3 is 1.95 bits per heavy atom. The van der Waals surface area contributed by atoms with Gasteiger partial charge in [-0.25, -0.2) is 14.0 Å². The van der Waals surface area contributed by atoms with E-state index in [9.17, 15) is 24.3 Å². The number of nitro benzene ring substituents is 1. The number of nitro groups is 1. The number of fused-ring (bicyclic) bond motifs is 1. The molecule has 4 aromatic rings. The fourth-order valence-electron chi connectivity index (χ4n) is 3.80. The van der Waals surface area contributed by atoms with E-state index >= 15 is 0 Å². The van der Waals surface area contributed by atoms with E-state index in [2.05, 4.69) is 5.10 Å². The topological polar surface area (TPSA) is 149 Å². The van der Waals surface area contributed by atoms with Crippen LogP contribution in [0.15, 0.2) is 85.1 Å². The molecule has 0 saturated carbocycles. The van der Waals surface area contributed by atoms with Gasteiger partial charge in [-0.15, -0.1) is 0 Å². The van der Waals surface area contributed by atoms with Gasteiger partial charge < -0.3 is 18.5 Å². The molecule has 0 aliphatic rings. The SMILES string of the molecule is COC(=O)[C@@H]([C@H](C(=O)OC)P(=O)(Oc1ccccc1)Oc1ccccc1)n1ncc2cc([N+](=O)[O-])ccc21. The zero-order chi connectivity index (χ0) is 27.3. The van der Waals surface area contributed by atoms with Gasteiger partial charge in [0.05, 0.1) is 30.9 Å². The summed E-state index contributed by atoms with van der Waals surface area (Å²) < 4.78 is 37.3. The van der Waals surface area contributed by atoms with Gasteiger partial charge >= 0.3 is 19.5 Å². The maximum atomic E-state index is 14.6. The van der Waals surface area contributed by atoms with E-state index in [1.165, 1.54) is 48.7 Å². The number of nitrogens with zero attached hydrogens (tertiary/aromatic N) is 3. The molecule has 2 atom stereocenters. The lowest BCUT2D eigenvalue weighted by Gasteiger charge is -2.30. The highest BCUT2D eigenvalue weighted by atomic mass is 31.2. The first-order valence-corrected chi connectivity index (χ1v) is 12.7. The number of hydrogen-bond acceptors (Lipinski definition) is 10. The molecule has 0 aliphatic heterocycles. The Morgan fingerprint density at radius 2 is 1.45 bits per heavy atom. The van der Waals surface area contributed by atoms with Crippen molar-refractivity contribution in [3.8, 4) is 11.5 Å². The van der Waals surface area contributed by atoms with Crippen molar-refractivity contribution >= 4 is 36.1 Å². The Kier molecular flexibility index (Phi) is 7.73. The lowest BCUT2D eigenvalue weighted by atomic mass is 10.2. The smallest absolute Gasteiger partial charge is 0.447 e. The van der Waals surface area contributed by atoms with Crippen LogP contribution in [0, 0.1) is 10.1 Å². The highest BCUT2D eigenvalue weighted by Gasteiger charge is 2.55. The number of hydrogen-bond donors (Lipinski definition) is 0. The van der Waals surface area contributed by atoms with Crippen LogP contribution < -0.4 is 9.05 Å². The summed E-state index contributed by atoms with van der Waals surface area (Å²) in [7, 11) is -2.51. The van der Waals surface area contributed by atoms with E-state index in [0.717, 1.165) is 18.9 Å². The number of methoxy groups -OCH3 is 2. The Bertz CT molecular complexity index is 1460. The molecule has 0 N–H and O–H groups in total. The van der Waals surface area contributed by atoms with Crippen molar-refractivity contribution in [1.82, 2.24) is 9.78 Å². The Labute approximate surface area is 216 Å². The fourth-order valence-corrected chi connectivity index (χ4v) is 5.85. The van der Waals surface area contributed by atoms with Gasteiger partial charge in [0.2, 0.25) is 5.66 Å². The monoisotopic (exact) mass is 539 g/mol. The number of carbonyl (C=O) groups is 2. The van der Waals surface area contributed by atoms with Crippen LogP contribution in [0.25, 0.3) is 10.9 Å². The molecule has 0 unspecified atom stereocenters. The quantitative estimate of drug-likeness (QED) is 0.122. The summed E-state index contributed by atoms with van der Waals surface area (Å²) in [6.45, 7) is 0. The molecule has 0 amide bonds. The number of aromatic nitrogens is 2. The summed E-state index contributed by atoms with van der Waals surface area (Å²) >= 11 is 0. The third-order valence-electron chi connectivity index (χ3n) is 5.53. The average molecular weight is 539 g/mol. The molecule has 12 nitrogen and oxygen atoms in total. The van der Waals surface area contributed by atoms with Crippen molar-refractivity contribution in [2.45, 2.75) is 11.7 Å². The minimum Gasteiger partial charge on any atom is -0.468 e. The van der Waals surface area contributed by atoms with Gasteiger partial charge in [0.25, 0.3) is 5.69 Å². The molecule has 0 spiro atoms. The Morgan fingerprint density at radius 1 is 0.895 bits per heavy atom. The predicted octanol–water partition coefficient (Wildman–Crippen LogP) is 4.55. The fraction of sp³-hybridized carbons (Fsp3) is 0.160. The number of esters is 2. The molecule has 4 rings (SSSR count). The second kappa shape index (κ2) is 11.1. The Balaban J connectivity index is 1.92. The third-order valence-corrected chi connectivity index (χ3v) is 7.64. The first-order valence-electron chi connectivity index (χ1n) is 11.1. The summed E-state index contributed by atoms with van der Waals surface area (Å²) in [6.07, 6.45) is 1.27. The van der Waals surface area contributed by atoms with Crippen LogP contribution in [-0.4, -0.2) is 46.5 Å². The maximum Gasteiger partial charge on any atom is 0.447 e. The molecule has 0 saturated heterocycles. The van der Waals surface area contributed by atoms with Crippen LogP contribution in [-0.2, 0) is 23.6 Å². The third kappa shape index (κ3) is 5.35. The summed E-state index contributed by atoms with van der Waals surface area (Å²) in [5.41, 5.74) is -1.88. The highest BCUT2D eigenvalue weighted by Crippen LogP contribution is 2.57. The first kappa shape index (κ1) is 26.4. The van der Waals surface area contributed by atoms with Crippen LogP contribution in [0.1, 0.15) is 6.04 Å². The summed E-state index contributed by atoms with van der Waals surface area (Å²) in [4.78, 5) is 37.1. The predicted molar refractivity (Wildman–Crippen MR) is 135 cm³/mol. The second-order valence-corrected chi connectivity index (χ2v) is 9.88. The van der Waals surface area contributed by atoms with E-state index in [1.54, 1.807) is 36.4 Å². The highest BCUT2D eigenvalue weighted by molar-refractivity contribution is 7.56. The molecular weight excluding hydrogens is 517 g/mol. The molecular formula is C25H22N3O9P. The molecule has 0 aliphatic carbocycles. The molecule has 0 radical (unpaired) electrons. The summed E-state index contributed by atoms with van der Waals surface area (Å²) in [6, 6.07) is 18.1. The van der Waals surface area contributed by atoms with Gasteiger partial charge in [0.15, 0.2) is 6.04 Å².